The number of hydrogen-bond acceptors (Lipinski definition) is 3. The minimum Gasteiger partial charge on any atom is -0.418 e. The lowest BCUT2D eigenvalue weighted by molar-refractivity contribution is 0.608. The number of rotatable bonds is 1. The van der Waals surface area contributed by atoms with Gasteiger partial charge in [-0.05, 0) is 30.3 Å². The molecule has 16 heavy (non-hydrogen) atoms. The third-order valence-electron chi connectivity index (χ3n) is 2.24. The van der Waals surface area contributed by atoms with Crippen LogP contribution in [0.5, 0.6) is 0 Å². The van der Waals surface area contributed by atoms with Gasteiger partial charge in [-0.15, -0.1) is 0 Å². The summed E-state index contributed by atoms with van der Waals surface area (Å²) in [6.07, 6.45) is 1.69. The van der Waals surface area contributed by atoms with Gasteiger partial charge in [-0.1, -0.05) is 22.0 Å². The molecule has 0 aliphatic rings. The van der Waals surface area contributed by atoms with E-state index in [1.807, 2.05) is 36.4 Å². The fourth-order valence-corrected chi connectivity index (χ4v) is 1.91. The molecule has 0 saturated carbocycles. The molecular weight excluding hydrogens is 268 g/mol. The standard InChI is InChI=1S/C12H7BrN2O/c13-9-4-1-3-8(7-9)11-15-10-5-2-6-14-12(10)16-11/h1-7H. The number of fused-ring (bicyclic) bond motifs is 1. The van der Waals surface area contributed by atoms with E-state index in [9.17, 15) is 0 Å². The number of benzene rings is 1. The molecule has 0 amide bonds. The number of oxazole rings is 1. The van der Waals surface area contributed by atoms with Crippen LogP contribution in [-0.2, 0) is 0 Å². The average Bonchev–Trinajstić information content (AvgIpc) is 2.72. The van der Waals surface area contributed by atoms with Crippen molar-refractivity contribution in [3.05, 3.63) is 47.1 Å². The van der Waals surface area contributed by atoms with Gasteiger partial charge in [-0.3, -0.25) is 0 Å². The largest absolute Gasteiger partial charge is 0.418 e. The maximum atomic E-state index is 5.57. The third-order valence-corrected chi connectivity index (χ3v) is 2.73. The van der Waals surface area contributed by atoms with Gasteiger partial charge in [0.2, 0.25) is 11.6 Å². The van der Waals surface area contributed by atoms with Gasteiger partial charge in [0.25, 0.3) is 0 Å². The molecule has 0 fully saturated rings. The molecule has 0 spiro atoms. The molecule has 2 heterocycles. The molecule has 0 atom stereocenters. The van der Waals surface area contributed by atoms with Crippen molar-refractivity contribution in [1.82, 2.24) is 9.97 Å². The van der Waals surface area contributed by atoms with E-state index in [-0.39, 0.29) is 0 Å². The zero-order chi connectivity index (χ0) is 11.0. The number of aromatic nitrogens is 2. The lowest BCUT2D eigenvalue weighted by atomic mass is 10.2. The smallest absolute Gasteiger partial charge is 0.247 e. The van der Waals surface area contributed by atoms with Crippen molar-refractivity contribution in [2.45, 2.75) is 0 Å². The molecule has 0 aliphatic carbocycles. The first-order valence-corrected chi connectivity index (χ1v) is 5.60. The molecule has 0 unspecified atom stereocenters. The van der Waals surface area contributed by atoms with Crippen LogP contribution in [0.3, 0.4) is 0 Å². The lowest BCUT2D eigenvalue weighted by Gasteiger charge is -1.94. The molecule has 3 nitrogen and oxygen atoms in total. The summed E-state index contributed by atoms with van der Waals surface area (Å²) in [5.74, 6) is 0.593. The van der Waals surface area contributed by atoms with E-state index in [1.165, 1.54) is 0 Å². The predicted molar refractivity (Wildman–Crippen MR) is 64.9 cm³/mol. The van der Waals surface area contributed by atoms with Crippen LogP contribution in [0.1, 0.15) is 0 Å². The maximum absolute atomic E-state index is 5.57. The first kappa shape index (κ1) is 9.54. The van der Waals surface area contributed by atoms with Crippen molar-refractivity contribution in [2.75, 3.05) is 0 Å². The topological polar surface area (TPSA) is 38.9 Å². The summed E-state index contributed by atoms with van der Waals surface area (Å²) in [7, 11) is 0. The molecule has 1 aromatic carbocycles. The monoisotopic (exact) mass is 274 g/mol. The highest BCUT2D eigenvalue weighted by atomic mass is 79.9. The normalized spacial score (nSPS) is 10.8. The SMILES string of the molecule is Brc1cccc(-c2nc3cccnc3o2)c1. The molecule has 0 saturated heterocycles. The minimum atomic E-state index is 0.567. The molecule has 0 aliphatic heterocycles. The Morgan fingerprint density at radius 1 is 1.12 bits per heavy atom. The summed E-state index contributed by atoms with van der Waals surface area (Å²) >= 11 is 3.42. The third kappa shape index (κ3) is 1.61. The van der Waals surface area contributed by atoms with Crippen molar-refractivity contribution in [3.8, 4) is 11.5 Å². The summed E-state index contributed by atoms with van der Waals surface area (Å²) < 4.78 is 6.57. The molecular formula is C12H7BrN2O. The van der Waals surface area contributed by atoms with E-state index in [4.69, 9.17) is 4.42 Å². The van der Waals surface area contributed by atoms with E-state index >= 15 is 0 Å². The lowest BCUT2D eigenvalue weighted by Crippen LogP contribution is -1.76. The average molecular weight is 275 g/mol. The second-order valence-electron chi connectivity index (χ2n) is 3.36. The van der Waals surface area contributed by atoms with E-state index in [0.29, 0.717) is 11.6 Å². The van der Waals surface area contributed by atoms with Gasteiger partial charge in [0.15, 0.2) is 0 Å². The van der Waals surface area contributed by atoms with Crippen LogP contribution in [0.25, 0.3) is 22.7 Å². The summed E-state index contributed by atoms with van der Waals surface area (Å²) in [4.78, 5) is 8.48. The van der Waals surface area contributed by atoms with Crippen molar-refractivity contribution >= 4 is 27.2 Å². The van der Waals surface area contributed by atoms with E-state index in [0.717, 1.165) is 15.6 Å². The number of hydrogen-bond donors (Lipinski definition) is 0. The van der Waals surface area contributed by atoms with E-state index in [1.54, 1.807) is 6.20 Å². The molecule has 4 heteroatoms. The molecule has 3 aromatic rings. The summed E-state index contributed by atoms with van der Waals surface area (Å²) in [6.45, 7) is 0. The van der Waals surface area contributed by atoms with Gasteiger partial charge in [0, 0.05) is 16.2 Å². The van der Waals surface area contributed by atoms with Gasteiger partial charge >= 0.3 is 0 Å². The summed E-state index contributed by atoms with van der Waals surface area (Å²) in [6, 6.07) is 11.6. The van der Waals surface area contributed by atoms with Gasteiger partial charge < -0.3 is 4.42 Å². The molecule has 3 rings (SSSR count). The van der Waals surface area contributed by atoms with Gasteiger partial charge in [-0.25, -0.2) is 9.97 Å². The van der Waals surface area contributed by atoms with Crippen LogP contribution in [-0.4, -0.2) is 9.97 Å². The Morgan fingerprint density at radius 2 is 2.06 bits per heavy atom. The molecule has 0 bridgehead atoms. The zero-order valence-corrected chi connectivity index (χ0v) is 9.81. The Hall–Kier alpha value is -1.68. The van der Waals surface area contributed by atoms with Crippen LogP contribution >= 0.6 is 15.9 Å². The molecule has 2 aromatic heterocycles. The van der Waals surface area contributed by atoms with Crippen molar-refractivity contribution in [3.63, 3.8) is 0 Å². The number of nitrogens with zero attached hydrogens (tertiary/aromatic N) is 2. The van der Waals surface area contributed by atoms with Gasteiger partial charge in [0.1, 0.15) is 5.52 Å². The van der Waals surface area contributed by atoms with Crippen LogP contribution < -0.4 is 0 Å². The summed E-state index contributed by atoms with van der Waals surface area (Å²) in [5.41, 5.74) is 2.28. The molecule has 0 N–H and O–H groups in total. The van der Waals surface area contributed by atoms with E-state index in [2.05, 4.69) is 25.9 Å². The van der Waals surface area contributed by atoms with Crippen molar-refractivity contribution in [2.24, 2.45) is 0 Å². The fraction of sp³-hybridized carbons (Fsp3) is 0. The second-order valence-corrected chi connectivity index (χ2v) is 4.27. The second kappa shape index (κ2) is 3.72. The first-order chi connectivity index (χ1) is 7.83. The Morgan fingerprint density at radius 3 is 2.88 bits per heavy atom. The van der Waals surface area contributed by atoms with E-state index < -0.39 is 0 Å². The number of halogens is 1. The Labute approximate surface area is 100 Å². The Kier molecular flexibility index (Phi) is 2.22. The zero-order valence-electron chi connectivity index (χ0n) is 8.22. The quantitative estimate of drug-likeness (QED) is 0.680. The fourth-order valence-electron chi connectivity index (χ4n) is 1.51. The highest BCUT2D eigenvalue weighted by molar-refractivity contribution is 9.10. The van der Waals surface area contributed by atoms with Crippen molar-refractivity contribution < 1.29 is 4.42 Å². The van der Waals surface area contributed by atoms with Gasteiger partial charge in [0.05, 0.1) is 0 Å². The Balaban J connectivity index is 2.19. The van der Waals surface area contributed by atoms with Crippen LogP contribution in [0.15, 0.2) is 51.5 Å². The Bertz CT molecular complexity index is 615. The number of pyridine rings is 1. The van der Waals surface area contributed by atoms with Crippen LogP contribution in [0.2, 0.25) is 0 Å². The highest BCUT2D eigenvalue weighted by Gasteiger charge is 2.08. The highest BCUT2D eigenvalue weighted by Crippen LogP contribution is 2.24. The van der Waals surface area contributed by atoms with Crippen LogP contribution in [0, 0.1) is 0 Å². The summed E-state index contributed by atoms with van der Waals surface area (Å²) in [5, 5.41) is 0. The molecule has 78 valence electrons. The van der Waals surface area contributed by atoms with Crippen molar-refractivity contribution in [1.29, 1.82) is 0 Å². The minimum absolute atomic E-state index is 0.567. The first-order valence-electron chi connectivity index (χ1n) is 4.80. The van der Waals surface area contributed by atoms with Gasteiger partial charge in [-0.2, -0.15) is 0 Å². The predicted octanol–water partition coefficient (Wildman–Crippen LogP) is 3.65. The van der Waals surface area contributed by atoms with Crippen LogP contribution in [0.4, 0.5) is 0 Å². The molecule has 0 radical (unpaired) electrons. The maximum Gasteiger partial charge on any atom is 0.247 e.